The molecular formula is C16H20Cl2O2. The first-order chi connectivity index (χ1) is 9.57. The molecule has 0 atom stereocenters. The normalized spacial score (nSPS) is 18.6. The zero-order valence-electron chi connectivity index (χ0n) is 11.8. The predicted molar refractivity (Wildman–Crippen MR) is 82.6 cm³/mol. The van der Waals surface area contributed by atoms with Gasteiger partial charge in [-0.05, 0) is 30.5 Å². The van der Waals surface area contributed by atoms with Crippen LogP contribution in [0.15, 0.2) is 18.2 Å². The largest absolute Gasteiger partial charge is 0.370 e. The number of carbonyl (C=O) groups excluding carboxylic acids is 1. The first-order valence-corrected chi connectivity index (χ1v) is 7.85. The molecular weight excluding hydrogens is 295 g/mol. The number of carbonyl (C=O) groups is 1. The third-order valence-electron chi connectivity index (χ3n) is 4.18. The molecule has 0 saturated heterocycles. The highest BCUT2D eigenvalue weighted by Crippen LogP contribution is 2.33. The van der Waals surface area contributed by atoms with E-state index in [2.05, 4.69) is 0 Å². The van der Waals surface area contributed by atoms with Crippen molar-refractivity contribution in [1.82, 2.24) is 0 Å². The van der Waals surface area contributed by atoms with Gasteiger partial charge in [0.25, 0.3) is 0 Å². The van der Waals surface area contributed by atoms with Gasteiger partial charge < -0.3 is 4.74 Å². The monoisotopic (exact) mass is 314 g/mol. The van der Waals surface area contributed by atoms with Crippen LogP contribution in [0.25, 0.3) is 0 Å². The minimum absolute atomic E-state index is 0.131. The molecule has 0 N–H and O–H groups in total. The summed E-state index contributed by atoms with van der Waals surface area (Å²) in [5.74, 6) is 0.131. The number of hydrogen-bond acceptors (Lipinski definition) is 2. The topological polar surface area (TPSA) is 26.3 Å². The van der Waals surface area contributed by atoms with E-state index in [4.69, 9.17) is 27.9 Å². The van der Waals surface area contributed by atoms with Gasteiger partial charge in [-0.15, -0.1) is 0 Å². The van der Waals surface area contributed by atoms with Crippen molar-refractivity contribution in [3.05, 3.63) is 33.8 Å². The smallest absolute Gasteiger partial charge is 0.169 e. The quantitative estimate of drug-likeness (QED) is 0.743. The molecule has 1 aromatic carbocycles. The number of ketones is 1. The second kappa shape index (κ2) is 6.93. The Morgan fingerprint density at radius 1 is 1.20 bits per heavy atom. The molecule has 110 valence electrons. The highest BCUT2D eigenvalue weighted by molar-refractivity contribution is 6.35. The van der Waals surface area contributed by atoms with E-state index >= 15 is 0 Å². The molecule has 2 rings (SSSR count). The molecule has 1 saturated carbocycles. The van der Waals surface area contributed by atoms with Gasteiger partial charge in [-0.25, -0.2) is 0 Å². The lowest BCUT2D eigenvalue weighted by molar-refractivity contribution is -0.142. The fourth-order valence-electron chi connectivity index (χ4n) is 2.90. The average Bonchev–Trinajstić information content (AvgIpc) is 2.68. The van der Waals surface area contributed by atoms with Gasteiger partial charge in [-0.2, -0.15) is 0 Å². The zero-order valence-corrected chi connectivity index (χ0v) is 13.3. The Morgan fingerprint density at radius 3 is 2.40 bits per heavy atom. The van der Waals surface area contributed by atoms with E-state index in [1.807, 2.05) is 6.07 Å². The van der Waals surface area contributed by atoms with Gasteiger partial charge in [-0.1, -0.05) is 55.0 Å². The Labute approximate surface area is 130 Å². The van der Waals surface area contributed by atoms with Gasteiger partial charge in [0.2, 0.25) is 0 Å². The number of rotatable bonds is 4. The van der Waals surface area contributed by atoms with Crippen LogP contribution in [-0.2, 0) is 16.0 Å². The second-order valence-electron chi connectivity index (χ2n) is 5.45. The molecule has 0 aromatic heterocycles. The summed E-state index contributed by atoms with van der Waals surface area (Å²) in [6.45, 7) is 0. The van der Waals surface area contributed by atoms with E-state index in [0.29, 0.717) is 16.5 Å². The molecule has 1 aliphatic rings. The Hall–Kier alpha value is -0.570. The Balaban J connectivity index is 2.16. The van der Waals surface area contributed by atoms with Crippen molar-refractivity contribution < 1.29 is 9.53 Å². The lowest BCUT2D eigenvalue weighted by atomic mass is 9.86. The number of benzene rings is 1. The van der Waals surface area contributed by atoms with E-state index < -0.39 is 5.60 Å². The van der Waals surface area contributed by atoms with Crippen LogP contribution in [0.1, 0.15) is 44.1 Å². The summed E-state index contributed by atoms with van der Waals surface area (Å²) in [5.41, 5.74) is 0.196. The average molecular weight is 315 g/mol. The Kier molecular flexibility index (Phi) is 5.48. The van der Waals surface area contributed by atoms with Gasteiger partial charge in [0.05, 0.1) is 0 Å². The van der Waals surface area contributed by atoms with Gasteiger partial charge in [0, 0.05) is 23.6 Å². The van der Waals surface area contributed by atoms with Crippen molar-refractivity contribution in [3.63, 3.8) is 0 Å². The Morgan fingerprint density at radius 2 is 1.85 bits per heavy atom. The van der Waals surface area contributed by atoms with Crippen LogP contribution in [0.5, 0.6) is 0 Å². The molecule has 0 radical (unpaired) electrons. The molecule has 1 aromatic rings. The molecule has 0 aliphatic heterocycles. The third kappa shape index (κ3) is 3.55. The highest BCUT2D eigenvalue weighted by atomic mass is 35.5. The second-order valence-corrected chi connectivity index (χ2v) is 6.29. The lowest BCUT2D eigenvalue weighted by Gasteiger charge is -2.30. The molecule has 0 spiro atoms. The molecule has 1 fully saturated rings. The van der Waals surface area contributed by atoms with Gasteiger partial charge in [-0.3, -0.25) is 4.79 Å². The molecule has 0 bridgehead atoms. The molecule has 0 heterocycles. The summed E-state index contributed by atoms with van der Waals surface area (Å²) in [6.07, 6.45) is 6.40. The molecule has 2 nitrogen and oxygen atoms in total. The number of Topliss-reactive ketones (excluding diaryl/α,β-unsaturated/α-hetero) is 1. The molecule has 4 heteroatoms. The number of halogens is 2. The van der Waals surface area contributed by atoms with Gasteiger partial charge in [0.15, 0.2) is 5.78 Å². The standard InChI is InChI=1S/C16H20Cl2O2/c1-20-16(8-4-2-3-5-9-16)15(19)10-12-6-7-13(17)11-14(12)18/h6-7,11H,2-5,8-10H2,1H3. The first-order valence-electron chi connectivity index (χ1n) is 7.10. The number of hydrogen-bond donors (Lipinski definition) is 0. The van der Waals surface area contributed by atoms with Crippen molar-refractivity contribution in [2.24, 2.45) is 0 Å². The summed E-state index contributed by atoms with van der Waals surface area (Å²) in [4.78, 5) is 12.7. The van der Waals surface area contributed by atoms with Crippen LogP contribution < -0.4 is 0 Å². The molecule has 1 aliphatic carbocycles. The number of methoxy groups -OCH3 is 1. The summed E-state index contributed by atoms with van der Waals surface area (Å²) in [6, 6.07) is 5.27. The first kappa shape index (κ1) is 15.8. The lowest BCUT2D eigenvalue weighted by Crippen LogP contribution is -2.41. The SMILES string of the molecule is COC1(C(=O)Cc2ccc(Cl)cc2Cl)CCCCCC1. The van der Waals surface area contributed by atoms with E-state index in [1.165, 1.54) is 12.8 Å². The van der Waals surface area contributed by atoms with Crippen LogP contribution in [0.2, 0.25) is 10.0 Å². The van der Waals surface area contributed by atoms with E-state index in [9.17, 15) is 4.79 Å². The summed E-state index contributed by atoms with van der Waals surface area (Å²) in [7, 11) is 1.65. The maximum Gasteiger partial charge on any atom is 0.169 e. The van der Waals surface area contributed by atoms with Crippen LogP contribution in [-0.4, -0.2) is 18.5 Å². The minimum Gasteiger partial charge on any atom is -0.370 e. The van der Waals surface area contributed by atoms with Gasteiger partial charge in [0.1, 0.15) is 5.60 Å². The van der Waals surface area contributed by atoms with Crippen molar-refractivity contribution >= 4 is 29.0 Å². The third-order valence-corrected chi connectivity index (χ3v) is 4.76. The maximum atomic E-state index is 12.7. The van der Waals surface area contributed by atoms with Crippen LogP contribution in [0, 0.1) is 0 Å². The predicted octanol–water partition coefficient (Wildman–Crippen LogP) is 4.84. The summed E-state index contributed by atoms with van der Waals surface area (Å²) < 4.78 is 5.64. The highest BCUT2D eigenvalue weighted by Gasteiger charge is 2.38. The van der Waals surface area contributed by atoms with E-state index in [-0.39, 0.29) is 5.78 Å². The van der Waals surface area contributed by atoms with Gasteiger partial charge >= 0.3 is 0 Å². The van der Waals surface area contributed by atoms with Crippen molar-refractivity contribution in [1.29, 1.82) is 0 Å². The summed E-state index contributed by atoms with van der Waals surface area (Å²) in [5, 5.41) is 1.13. The minimum atomic E-state index is -0.626. The summed E-state index contributed by atoms with van der Waals surface area (Å²) >= 11 is 12.0. The van der Waals surface area contributed by atoms with Crippen LogP contribution in [0.3, 0.4) is 0 Å². The van der Waals surface area contributed by atoms with Crippen molar-refractivity contribution in [3.8, 4) is 0 Å². The maximum absolute atomic E-state index is 12.7. The fourth-order valence-corrected chi connectivity index (χ4v) is 3.37. The van der Waals surface area contributed by atoms with E-state index in [1.54, 1.807) is 19.2 Å². The zero-order chi connectivity index (χ0) is 14.6. The molecule has 0 amide bonds. The molecule has 0 unspecified atom stereocenters. The molecule has 20 heavy (non-hydrogen) atoms. The fraction of sp³-hybridized carbons (Fsp3) is 0.562. The van der Waals surface area contributed by atoms with E-state index in [0.717, 1.165) is 31.2 Å². The van der Waals surface area contributed by atoms with Crippen LogP contribution >= 0.6 is 23.2 Å². The Bertz CT molecular complexity index is 477. The van der Waals surface area contributed by atoms with Crippen molar-refractivity contribution in [2.75, 3.05) is 7.11 Å². The number of ether oxygens (including phenoxy) is 1. The van der Waals surface area contributed by atoms with Crippen LogP contribution in [0.4, 0.5) is 0 Å². The van der Waals surface area contributed by atoms with Crippen molar-refractivity contribution in [2.45, 2.75) is 50.5 Å².